The van der Waals surface area contributed by atoms with E-state index in [-0.39, 0.29) is 17.2 Å². The largest absolute Gasteiger partial charge is 0.456 e. The smallest absolute Gasteiger partial charge is 0.287 e. The fourth-order valence-electron chi connectivity index (χ4n) is 4.09. The molecule has 7 heteroatoms. The SMILES string of the molecule is C=N/C=C\c1cc(C(=O)NCC2CC23CCN(C(=O)CCOC)CC3)oc1C. The fraction of sp³-hybridized carbons (Fsp3) is 0.571. The number of amides is 2. The molecular formula is C21H29N3O4. The molecule has 1 N–H and O–H groups in total. The Balaban J connectivity index is 1.45. The molecule has 1 saturated carbocycles. The highest BCUT2D eigenvalue weighted by Crippen LogP contribution is 2.59. The van der Waals surface area contributed by atoms with E-state index in [0.29, 0.717) is 37.0 Å². The Morgan fingerprint density at radius 1 is 1.46 bits per heavy atom. The lowest BCUT2D eigenvalue weighted by atomic mass is 9.90. The van der Waals surface area contributed by atoms with Crippen LogP contribution in [0.2, 0.25) is 0 Å². The number of carbonyl (C=O) groups is 2. The highest BCUT2D eigenvalue weighted by Gasteiger charge is 2.54. The number of carbonyl (C=O) groups excluding carboxylic acids is 2. The van der Waals surface area contributed by atoms with Gasteiger partial charge in [0.25, 0.3) is 5.91 Å². The van der Waals surface area contributed by atoms with E-state index in [1.54, 1.807) is 25.5 Å². The second-order valence-electron chi connectivity index (χ2n) is 7.72. The van der Waals surface area contributed by atoms with Crippen LogP contribution in [0.25, 0.3) is 6.08 Å². The van der Waals surface area contributed by atoms with Crippen molar-refractivity contribution in [2.75, 3.05) is 33.4 Å². The number of aliphatic imine (C=N–C) groups is 1. The Morgan fingerprint density at radius 2 is 2.21 bits per heavy atom. The van der Waals surface area contributed by atoms with Crippen molar-refractivity contribution in [3.8, 4) is 0 Å². The van der Waals surface area contributed by atoms with Gasteiger partial charge in [0.1, 0.15) is 5.76 Å². The van der Waals surface area contributed by atoms with Gasteiger partial charge in [-0.3, -0.25) is 14.6 Å². The minimum absolute atomic E-state index is 0.173. The van der Waals surface area contributed by atoms with Crippen molar-refractivity contribution in [2.24, 2.45) is 16.3 Å². The maximum absolute atomic E-state index is 12.4. The highest BCUT2D eigenvalue weighted by molar-refractivity contribution is 5.92. The number of piperidine rings is 1. The van der Waals surface area contributed by atoms with E-state index < -0.39 is 0 Å². The zero-order valence-corrected chi connectivity index (χ0v) is 16.7. The van der Waals surface area contributed by atoms with Gasteiger partial charge >= 0.3 is 0 Å². The molecule has 0 aromatic carbocycles. The molecule has 0 radical (unpaired) electrons. The third-order valence-corrected chi connectivity index (χ3v) is 6.04. The average Bonchev–Trinajstić information content (AvgIpc) is 3.23. The summed E-state index contributed by atoms with van der Waals surface area (Å²) in [6.07, 6.45) is 6.92. The molecule has 1 aromatic rings. The Bertz CT molecular complexity index is 760. The van der Waals surface area contributed by atoms with Crippen molar-refractivity contribution in [3.05, 3.63) is 29.4 Å². The molecule has 2 heterocycles. The summed E-state index contributed by atoms with van der Waals surface area (Å²) in [5.41, 5.74) is 1.11. The lowest BCUT2D eigenvalue weighted by Gasteiger charge is -2.33. The first-order valence-electron chi connectivity index (χ1n) is 9.77. The summed E-state index contributed by atoms with van der Waals surface area (Å²) in [6.45, 7) is 7.94. The second-order valence-corrected chi connectivity index (χ2v) is 7.72. The molecule has 2 aliphatic rings. The van der Waals surface area contributed by atoms with Crippen LogP contribution in [0.15, 0.2) is 21.7 Å². The zero-order chi connectivity index (χ0) is 20.1. The molecule has 7 nitrogen and oxygen atoms in total. The molecule has 3 rings (SSSR count). The standard InChI is InChI=1S/C21H29N3O4/c1-15-16(4-8-22-2)12-18(28-15)20(26)23-14-17-13-21(17)6-9-24(10-7-21)19(25)5-11-27-3/h4,8,12,17H,2,5-7,9-11,13-14H2,1,3H3,(H,23,26)/b8-4-. The summed E-state index contributed by atoms with van der Waals surface area (Å²) < 4.78 is 10.5. The predicted octanol–water partition coefficient (Wildman–Crippen LogP) is 2.65. The van der Waals surface area contributed by atoms with Crippen LogP contribution in [0, 0.1) is 18.3 Å². The number of nitrogens with zero attached hydrogens (tertiary/aromatic N) is 2. The van der Waals surface area contributed by atoms with Crippen LogP contribution in [-0.2, 0) is 9.53 Å². The van der Waals surface area contributed by atoms with Gasteiger partial charge in [-0.05, 0) is 56.4 Å². The van der Waals surface area contributed by atoms with Crippen molar-refractivity contribution >= 4 is 24.6 Å². The van der Waals surface area contributed by atoms with Gasteiger partial charge in [0, 0.05) is 38.5 Å². The normalized spacial score (nSPS) is 20.5. The van der Waals surface area contributed by atoms with Crippen LogP contribution in [0.1, 0.15) is 47.6 Å². The molecule has 152 valence electrons. The molecule has 28 heavy (non-hydrogen) atoms. The second kappa shape index (κ2) is 8.73. The van der Waals surface area contributed by atoms with Crippen molar-refractivity contribution in [2.45, 2.75) is 32.6 Å². The number of likely N-dealkylation sites (tertiary alicyclic amines) is 1. The lowest BCUT2D eigenvalue weighted by Crippen LogP contribution is -2.40. The first kappa shape index (κ1) is 20.3. The van der Waals surface area contributed by atoms with E-state index in [2.05, 4.69) is 17.0 Å². The molecule has 0 bridgehead atoms. The van der Waals surface area contributed by atoms with E-state index in [0.717, 1.165) is 37.9 Å². The fourth-order valence-corrected chi connectivity index (χ4v) is 4.09. The molecule has 1 atom stereocenters. The Kier molecular flexibility index (Phi) is 6.34. The van der Waals surface area contributed by atoms with Gasteiger partial charge in [-0.1, -0.05) is 0 Å². The molecule has 2 amide bonds. The van der Waals surface area contributed by atoms with Gasteiger partial charge in [-0.15, -0.1) is 0 Å². The van der Waals surface area contributed by atoms with E-state index in [4.69, 9.17) is 9.15 Å². The van der Waals surface area contributed by atoms with Gasteiger partial charge in [0.15, 0.2) is 5.76 Å². The maximum Gasteiger partial charge on any atom is 0.287 e. The quantitative estimate of drug-likeness (QED) is 0.695. The number of aryl methyl sites for hydroxylation is 1. The minimum atomic E-state index is -0.191. The van der Waals surface area contributed by atoms with Crippen molar-refractivity contribution in [1.82, 2.24) is 10.2 Å². The zero-order valence-electron chi connectivity index (χ0n) is 16.7. The lowest BCUT2D eigenvalue weighted by molar-refractivity contribution is -0.133. The summed E-state index contributed by atoms with van der Waals surface area (Å²) in [5, 5.41) is 3.00. The van der Waals surface area contributed by atoms with Gasteiger partial charge in [-0.2, -0.15) is 0 Å². The number of furan rings is 1. The average molecular weight is 387 g/mol. The molecular weight excluding hydrogens is 358 g/mol. The van der Waals surface area contributed by atoms with E-state index in [1.165, 1.54) is 0 Å². The molecule has 1 saturated heterocycles. The van der Waals surface area contributed by atoms with Crippen LogP contribution in [-0.4, -0.2) is 56.8 Å². The van der Waals surface area contributed by atoms with Crippen LogP contribution in [0.4, 0.5) is 0 Å². The molecule has 1 spiro atoms. The van der Waals surface area contributed by atoms with Gasteiger partial charge in [0.05, 0.1) is 13.0 Å². The first-order chi connectivity index (χ1) is 13.5. The van der Waals surface area contributed by atoms with E-state index in [9.17, 15) is 9.59 Å². The summed E-state index contributed by atoms with van der Waals surface area (Å²) >= 11 is 0. The minimum Gasteiger partial charge on any atom is -0.456 e. The Labute approximate surface area is 165 Å². The van der Waals surface area contributed by atoms with E-state index >= 15 is 0 Å². The first-order valence-corrected chi connectivity index (χ1v) is 9.77. The number of hydrogen-bond donors (Lipinski definition) is 1. The third kappa shape index (κ3) is 4.52. The highest BCUT2D eigenvalue weighted by atomic mass is 16.5. The molecule has 1 unspecified atom stereocenters. The maximum atomic E-state index is 12.4. The van der Waals surface area contributed by atoms with Gasteiger partial charge in [-0.25, -0.2) is 0 Å². The Morgan fingerprint density at radius 3 is 2.89 bits per heavy atom. The summed E-state index contributed by atoms with van der Waals surface area (Å²) in [6, 6.07) is 1.72. The van der Waals surface area contributed by atoms with Crippen LogP contribution >= 0.6 is 0 Å². The predicted molar refractivity (Wildman–Crippen MR) is 107 cm³/mol. The van der Waals surface area contributed by atoms with Crippen molar-refractivity contribution < 1.29 is 18.7 Å². The summed E-state index contributed by atoms with van der Waals surface area (Å²) in [4.78, 5) is 30.1. The summed E-state index contributed by atoms with van der Waals surface area (Å²) in [5.74, 6) is 1.46. The number of methoxy groups -OCH3 is 1. The monoisotopic (exact) mass is 387 g/mol. The van der Waals surface area contributed by atoms with Gasteiger partial charge < -0.3 is 19.4 Å². The number of hydrogen-bond acceptors (Lipinski definition) is 5. The van der Waals surface area contributed by atoms with Crippen molar-refractivity contribution in [1.29, 1.82) is 0 Å². The van der Waals surface area contributed by atoms with Gasteiger partial charge in [0.2, 0.25) is 5.91 Å². The van der Waals surface area contributed by atoms with Crippen LogP contribution < -0.4 is 5.32 Å². The van der Waals surface area contributed by atoms with E-state index in [1.807, 2.05) is 11.8 Å². The number of ether oxygens (including phenoxy) is 1. The third-order valence-electron chi connectivity index (χ3n) is 6.04. The molecule has 1 aromatic heterocycles. The topological polar surface area (TPSA) is 84.1 Å². The number of nitrogens with one attached hydrogen (secondary N) is 1. The van der Waals surface area contributed by atoms with Crippen LogP contribution in [0.3, 0.4) is 0 Å². The molecule has 1 aliphatic carbocycles. The molecule has 1 aliphatic heterocycles. The molecule has 2 fully saturated rings. The van der Waals surface area contributed by atoms with Crippen molar-refractivity contribution in [3.63, 3.8) is 0 Å². The van der Waals surface area contributed by atoms with Crippen LogP contribution in [0.5, 0.6) is 0 Å². The Hall–Kier alpha value is -2.41. The summed E-state index contributed by atoms with van der Waals surface area (Å²) in [7, 11) is 1.61. The number of rotatable bonds is 8.